The zero-order valence-electron chi connectivity index (χ0n) is 11.7. The molecule has 0 saturated heterocycles. The maximum atomic E-state index is 12.2. The van der Waals surface area contributed by atoms with Gasteiger partial charge in [0.1, 0.15) is 5.69 Å². The van der Waals surface area contributed by atoms with Crippen molar-refractivity contribution >= 4 is 12.2 Å². The summed E-state index contributed by atoms with van der Waals surface area (Å²) < 4.78 is 0. The summed E-state index contributed by atoms with van der Waals surface area (Å²) in [6.07, 6.45) is 5.22. The fourth-order valence-corrected chi connectivity index (χ4v) is 2.02. The Hall–Kier alpha value is -2.88. The van der Waals surface area contributed by atoms with Crippen LogP contribution in [0, 0.1) is 12.1 Å². The van der Waals surface area contributed by atoms with E-state index in [9.17, 15) is 5.21 Å². The first-order valence-corrected chi connectivity index (χ1v) is 6.72. The van der Waals surface area contributed by atoms with Crippen LogP contribution in [0.15, 0.2) is 60.8 Å². The van der Waals surface area contributed by atoms with Crippen LogP contribution in [0.4, 0.5) is 0 Å². The third kappa shape index (κ3) is 2.84. The van der Waals surface area contributed by atoms with Gasteiger partial charge in [-0.05, 0) is 35.5 Å². The Kier molecular flexibility index (Phi) is 3.51. The quantitative estimate of drug-likeness (QED) is 0.545. The topological polar surface area (TPSA) is 44.8 Å². The van der Waals surface area contributed by atoms with Crippen molar-refractivity contribution in [3.8, 4) is 5.69 Å². The van der Waals surface area contributed by atoms with Gasteiger partial charge in [-0.1, -0.05) is 54.1 Å². The summed E-state index contributed by atoms with van der Waals surface area (Å²) in [5.41, 5.74) is 3.43. The molecular formula is C17H15N3O. The average Bonchev–Trinajstić information content (AvgIpc) is 2.88. The van der Waals surface area contributed by atoms with Crippen LogP contribution < -0.4 is 4.85 Å². The molecule has 0 amide bonds. The highest BCUT2D eigenvalue weighted by atomic mass is 16.5. The summed E-state index contributed by atoms with van der Waals surface area (Å²) in [6.45, 7) is 2.01. The van der Waals surface area contributed by atoms with Crippen LogP contribution in [0.2, 0.25) is 0 Å². The molecule has 4 heteroatoms. The van der Waals surface area contributed by atoms with Crippen molar-refractivity contribution in [2.45, 2.75) is 6.92 Å². The molecule has 0 fully saturated rings. The van der Waals surface area contributed by atoms with Gasteiger partial charge in [0.15, 0.2) is 5.69 Å². The van der Waals surface area contributed by atoms with Gasteiger partial charge in [0.05, 0.1) is 0 Å². The Morgan fingerprint density at radius 3 is 2.43 bits per heavy atom. The molecule has 1 heterocycles. The fourth-order valence-electron chi connectivity index (χ4n) is 2.02. The first kappa shape index (κ1) is 13.1. The monoisotopic (exact) mass is 277 g/mol. The minimum atomic E-state index is 0.499. The van der Waals surface area contributed by atoms with E-state index in [-0.39, 0.29) is 0 Å². The molecule has 0 aliphatic heterocycles. The van der Waals surface area contributed by atoms with Gasteiger partial charge >= 0.3 is 0 Å². The maximum Gasteiger partial charge on any atom is 0.214 e. The number of benzene rings is 2. The molecule has 0 unspecified atom stereocenters. The van der Waals surface area contributed by atoms with Gasteiger partial charge in [0.2, 0.25) is 6.20 Å². The van der Waals surface area contributed by atoms with Crippen LogP contribution >= 0.6 is 0 Å². The van der Waals surface area contributed by atoms with Crippen molar-refractivity contribution in [2.75, 3.05) is 0 Å². The number of aryl methyl sites for hydroxylation is 1. The third-order valence-electron chi connectivity index (χ3n) is 3.20. The lowest BCUT2D eigenvalue weighted by atomic mass is 10.2. The Labute approximate surface area is 123 Å². The highest BCUT2D eigenvalue weighted by molar-refractivity contribution is 5.66. The standard InChI is InChI=1S/C17H15N3O/c1-14-7-10-16(11-8-14)19-18-13-17(20(19)21)12-9-15-5-3-2-4-6-15/h2-13H,1H3/b12-9+. The van der Waals surface area contributed by atoms with E-state index in [1.807, 2.05) is 67.6 Å². The summed E-state index contributed by atoms with van der Waals surface area (Å²) in [7, 11) is 0. The van der Waals surface area contributed by atoms with E-state index in [1.165, 1.54) is 4.80 Å². The predicted octanol–water partition coefficient (Wildman–Crippen LogP) is 2.98. The number of nitrogens with zero attached hydrogens (tertiary/aromatic N) is 3. The minimum Gasteiger partial charge on any atom is -0.692 e. The van der Waals surface area contributed by atoms with Crippen molar-refractivity contribution in [1.82, 2.24) is 9.90 Å². The van der Waals surface area contributed by atoms with Crippen molar-refractivity contribution in [1.29, 1.82) is 0 Å². The molecule has 0 aliphatic rings. The molecule has 104 valence electrons. The molecule has 0 spiro atoms. The van der Waals surface area contributed by atoms with Crippen molar-refractivity contribution in [3.05, 3.63) is 82.8 Å². The van der Waals surface area contributed by atoms with Gasteiger partial charge in [0, 0.05) is 5.10 Å². The Morgan fingerprint density at radius 1 is 1.00 bits per heavy atom. The molecule has 1 aromatic heterocycles. The molecule has 0 aliphatic carbocycles. The summed E-state index contributed by atoms with van der Waals surface area (Å²) in [6, 6.07) is 17.5. The van der Waals surface area contributed by atoms with Crippen LogP contribution in [-0.2, 0) is 0 Å². The molecule has 21 heavy (non-hydrogen) atoms. The van der Waals surface area contributed by atoms with E-state index >= 15 is 0 Å². The van der Waals surface area contributed by atoms with Gasteiger partial charge in [-0.2, -0.15) is 0 Å². The van der Waals surface area contributed by atoms with Crippen molar-refractivity contribution in [3.63, 3.8) is 0 Å². The molecule has 0 bridgehead atoms. The van der Waals surface area contributed by atoms with Gasteiger partial charge in [0.25, 0.3) is 0 Å². The lowest BCUT2D eigenvalue weighted by molar-refractivity contribution is -0.690. The second-order valence-corrected chi connectivity index (χ2v) is 4.81. The molecular weight excluding hydrogens is 262 g/mol. The van der Waals surface area contributed by atoms with Gasteiger partial charge in [-0.25, -0.2) is 0 Å². The van der Waals surface area contributed by atoms with Crippen molar-refractivity contribution < 1.29 is 4.85 Å². The Bertz CT molecular complexity index is 758. The molecule has 0 N–H and O–H groups in total. The average molecular weight is 277 g/mol. The lowest BCUT2D eigenvalue weighted by Crippen LogP contribution is -2.39. The molecule has 2 aromatic carbocycles. The van der Waals surface area contributed by atoms with E-state index in [1.54, 1.807) is 12.3 Å². The SMILES string of the molecule is Cc1ccc(-n2ncc(/C=C/c3ccccc3)[n+]2[O-])cc1. The summed E-state index contributed by atoms with van der Waals surface area (Å²) in [5, 5.41) is 16.4. The molecule has 0 radical (unpaired) electrons. The van der Waals surface area contributed by atoms with Gasteiger partial charge in [-0.15, -0.1) is 4.85 Å². The van der Waals surface area contributed by atoms with Gasteiger partial charge < -0.3 is 5.21 Å². The predicted molar refractivity (Wildman–Crippen MR) is 82.6 cm³/mol. The van der Waals surface area contributed by atoms with Crippen LogP contribution in [0.25, 0.3) is 17.8 Å². The van der Waals surface area contributed by atoms with E-state index in [0.717, 1.165) is 21.7 Å². The van der Waals surface area contributed by atoms with Gasteiger partial charge in [-0.3, -0.25) is 0 Å². The second-order valence-electron chi connectivity index (χ2n) is 4.81. The van der Waals surface area contributed by atoms with E-state index in [0.29, 0.717) is 5.69 Å². The van der Waals surface area contributed by atoms with E-state index in [4.69, 9.17) is 0 Å². The number of aromatic nitrogens is 3. The highest BCUT2D eigenvalue weighted by Gasteiger charge is 2.11. The Morgan fingerprint density at radius 2 is 1.71 bits per heavy atom. The Balaban J connectivity index is 1.89. The van der Waals surface area contributed by atoms with E-state index in [2.05, 4.69) is 5.10 Å². The largest absolute Gasteiger partial charge is 0.692 e. The number of rotatable bonds is 3. The highest BCUT2D eigenvalue weighted by Crippen LogP contribution is 2.08. The number of hydrogen-bond donors (Lipinski definition) is 0. The van der Waals surface area contributed by atoms with E-state index < -0.39 is 0 Å². The molecule has 0 saturated carbocycles. The summed E-state index contributed by atoms with van der Waals surface area (Å²) >= 11 is 0. The first-order chi connectivity index (χ1) is 10.2. The van der Waals surface area contributed by atoms with Crippen molar-refractivity contribution in [2.24, 2.45) is 0 Å². The smallest absolute Gasteiger partial charge is 0.214 e. The van der Waals surface area contributed by atoms with Crippen LogP contribution in [0.5, 0.6) is 0 Å². The van der Waals surface area contributed by atoms with Crippen LogP contribution in [0.1, 0.15) is 16.8 Å². The van der Waals surface area contributed by atoms with Crippen LogP contribution in [0.3, 0.4) is 0 Å². The molecule has 4 nitrogen and oxygen atoms in total. The summed E-state index contributed by atoms with van der Waals surface area (Å²) in [4.78, 5) is 2.12. The first-order valence-electron chi connectivity index (χ1n) is 6.72. The zero-order valence-corrected chi connectivity index (χ0v) is 11.7. The zero-order chi connectivity index (χ0) is 14.7. The third-order valence-corrected chi connectivity index (χ3v) is 3.20. The number of hydrogen-bond acceptors (Lipinski definition) is 2. The maximum absolute atomic E-state index is 12.2. The van der Waals surface area contributed by atoms with Crippen LogP contribution in [-0.4, -0.2) is 9.90 Å². The lowest BCUT2D eigenvalue weighted by Gasteiger charge is -2.04. The molecule has 3 rings (SSSR count). The minimum absolute atomic E-state index is 0.499. The molecule has 0 atom stereocenters. The normalized spacial score (nSPS) is 11.1. The molecule has 3 aromatic rings. The summed E-state index contributed by atoms with van der Waals surface area (Å²) in [5.74, 6) is 0. The fraction of sp³-hybridized carbons (Fsp3) is 0.0588. The second kappa shape index (κ2) is 5.63.